The monoisotopic (exact) mass is 210 g/mol. The Hall–Kier alpha value is -0.0800. The summed E-state index contributed by atoms with van der Waals surface area (Å²) in [6.45, 7) is 3.61. The molecule has 15 heavy (non-hydrogen) atoms. The first-order valence-corrected chi connectivity index (χ1v) is 6.72. The maximum absolute atomic E-state index is 3.59. The zero-order valence-electron chi connectivity index (χ0n) is 10.3. The predicted octanol–water partition coefficient (Wildman–Crippen LogP) is 2.39. The molecule has 2 aliphatic carbocycles. The molecule has 0 heterocycles. The van der Waals surface area contributed by atoms with Gasteiger partial charge in [-0.1, -0.05) is 6.42 Å². The molecule has 0 aromatic rings. The average Bonchev–Trinajstić information content (AvgIpc) is 2.92. The molecule has 0 spiro atoms. The van der Waals surface area contributed by atoms with Crippen LogP contribution in [0.5, 0.6) is 0 Å². The van der Waals surface area contributed by atoms with Gasteiger partial charge in [-0.25, -0.2) is 0 Å². The van der Waals surface area contributed by atoms with Crippen LogP contribution < -0.4 is 5.32 Å². The van der Waals surface area contributed by atoms with Crippen LogP contribution in [0.3, 0.4) is 0 Å². The van der Waals surface area contributed by atoms with E-state index in [1.807, 2.05) is 0 Å². The van der Waals surface area contributed by atoms with Crippen molar-refractivity contribution in [2.75, 3.05) is 13.6 Å². The fourth-order valence-electron chi connectivity index (χ4n) is 2.35. The van der Waals surface area contributed by atoms with Crippen LogP contribution in [-0.2, 0) is 0 Å². The summed E-state index contributed by atoms with van der Waals surface area (Å²) >= 11 is 0. The highest BCUT2D eigenvalue weighted by molar-refractivity contribution is 4.82. The molecule has 0 amide bonds. The smallest absolute Gasteiger partial charge is 0.00950 e. The number of hydrogen-bond donors (Lipinski definition) is 1. The van der Waals surface area contributed by atoms with Gasteiger partial charge in [0.2, 0.25) is 0 Å². The predicted molar refractivity (Wildman–Crippen MR) is 65.1 cm³/mol. The van der Waals surface area contributed by atoms with Crippen molar-refractivity contribution < 1.29 is 0 Å². The summed E-state index contributed by atoms with van der Waals surface area (Å²) in [4.78, 5) is 2.60. The van der Waals surface area contributed by atoms with Crippen LogP contribution in [0.4, 0.5) is 0 Å². The van der Waals surface area contributed by atoms with E-state index in [4.69, 9.17) is 0 Å². The van der Waals surface area contributed by atoms with Crippen molar-refractivity contribution in [3.63, 3.8) is 0 Å². The fourth-order valence-corrected chi connectivity index (χ4v) is 2.35. The van der Waals surface area contributed by atoms with Gasteiger partial charge in [-0.3, -0.25) is 0 Å². The van der Waals surface area contributed by atoms with E-state index in [1.165, 1.54) is 51.5 Å². The van der Waals surface area contributed by atoms with E-state index in [9.17, 15) is 0 Å². The van der Waals surface area contributed by atoms with Gasteiger partial charge in [0.1, 0.15) is 0 Å². The van der Waals surface area contributed by atoms with E-state index in [0.29, 0.717) is 0 Å². The van der Waals surface area contributed by atoms with Gasteiger partial charge in [0, 0.05) is 18.1 Å². The lowest BCUT2D eigenvalue weighted by Crippen LogP contribution is -2.42. The van der Waals surface area contributed by atoms with E-state index >= 15 is 0 Å². The van der Waals surface area contributed by atoms with E-state index in [2.05, 4.69) is 24.2 Å². The lowest BCUT2D eigenvalue weighted by molar-refractivity contribution is 0.112. The zero-order chi connectivity index (χ0) is 10.7. The lowest BCUT2D eigenvalue weighted by atomic mass is 9.90. The number of nitrogens with one attached hydrogen (secondary N) is 1. The van der Waals surface area contributed by atoms with Crippen molar-refractivity contribution in [2.45, 2.75) is 70.0 Å². The van der Waals surface area contributed by atoms with Crippen LogP contribution in [-0.4, -0.2) is 36.6 Å². The Kier molecular flexibility index (Phi) is 4.04. The minimum Gasteiger partial charge on any atom is -0.314 e. The van der Waals surface area contributed by atoms with Crippen LogP contribution in [0, 0.1) is 0 Å². The molecule has 1 N–H and O–H groups in total. The number of rotatable bonds is 7. The topological polar surface area (TPSA) is 15.3 Å². The van der Waals surface area contributed by atoms with Gasteiger partial charge in [-0.2, -0.15) is 0 Å². The third-order valence-electron chi connectivity index (χ3n) is 4.15. The quantitative estimate of drug-likeness (QED) is 0.649. The Morgan fingerprint density at radius 2 is 2.00 bits per heavy atom. The summed E-state index contributed by atoms with van der Waals surface area (Å²) in [5, 5.41) is 3.59. The van der Waals surface area contributed by atoms with Crippen molar-refractivity contribution >= 4 is 0 Å². The van der Waals surface area contributed by atoms with Gasteiger partial charge < -0.3 is 10.2 Å². The SMILES string of the molecule is CC(CCCNC1CC1)N(C)C1CCC1. The molecule has 1 atom stereocenters. The molecule has 1 unspecified atom stereocenters. The fraction of sp³-hybridized carbons (Fsp3) is 1.00. The van der Waals surface area contributed by atoms with Gasteiger partial charge in [0.25, 0.3) is 0 Å². The molecule has 2 nitrogen and oxygen atoms in total. The molecule has 2 aliphatic rings. The summed E-state index contributed by atoms with van der Waals surface area (Å²) in [7, 11) is 2.31. The van der Waals surface area contributed by atoms with Crippen molar-refractivity contribution in [1.82, 2.24) is 10.2 Å². The molecular weight excluding hydrogens is 184 g/mol. The van der Waals surface area contributed by atoms with Crippen LogP contribution in [0.2, 0.25) is 0 Å². The van der Waals surface area contributed by atoms with Crippen molar-refractivity contribution in [2.24, 2.45) is 0 Å². The second kappa shape index (κ2) is 5.31. The Bertz CT molecular complexity index is 185. The van der Waals surface area contributed by atoms with Gasteiger partial charge in [0.15, 0.2) is 0 Å². The van der Waals surface area contributed by atoms with E-state index < -0.39 is 0 Å². The molecule has 0 aromatic carbocycles. The van der Waals surface area contributed by atoms with Crippen LogP contribution in [0.1, 0.15) is 51.9 Å². The Morgan fingerprint density at radius 3 is 2.53 bits per heavy atom. The summed E-state index contributed by atoms with van der Waals surface area (Å²) in [5.41, 5.74) is 0. The molecule has 0 bridgehead atoms. The maximum Gasteiger partial charge on any atom is 0.00950 e. The highest BCUT2D eigenvalue weighted by Gasteiger charge is 2.25. The molecule has 2 fully saturated rings. The van der Waals surface area contributed by atoms with Crippen molar-refractivity contribution in [3.8, 4) is 0 Å². The summed E-state index contributed by atoms with van der Waals surface area (Å²) < 4.78 is 0. The van der Waals surface area contributed by atoms with Gasteiger partial charge in [0.05, 0.1) is 0 Å². The van der Waals surface area contributed by atoms with Crippen LogP contribution in [0.25, 0.3) is 0 Å². The molecule has 88 valence electrons. The Morgan fingerprint density at radius 1 is 1.27 bits per heavy atom. The van der Waals surface area contributed by atoms with Crippen LogP contribution >= 0.6 is 0 Å². The Labute approximate surface area is 94.4 Å². The normalized spacial score (nSPS) is 24.2. The highest BCUT2D eigenvalue weighted by atomic mass is 15.2. The van der Waals surface area contributed by atoms with Gasteiger partial charge in [-0.15, -0.1) is 0 Å². The molecule has 2 rings (SSSR count). The van der Waals surface area contributed by atoms with E-state index in [0.717, 1.165) is 18.1 Å². The molecule has 2 heteroatoms. The van der Waals surface area contributed by atoms with Crippen molar-refractivity contribution in [1.29, 1.82) is 0 Å². The number of nitrogens with zero attached hydrogens (tertiary/aromatic N) is 1. The average molecular weight is 210 g/mol. The third-order valence-corrected chi connectivity index (χ3v) is 4.15. The highest BCUT2D eigenvalue weighted by Crippen LogP contribution is 2.26. The summed E-state index contributed by atoms with van der Waals surface area (Å²) in [6, 6.07) is 2.55. The van der Waals surface area contributed by atoms with Gasteiger partial charge in [-0.05, 0) is 59.0 Å². The zero-order valence-corrected chi connectivity index (χ0v) is 10.3. The first-order chi connectivity index (χ1) is 7.27. The standard InChI is InChI=1S/C13H26N2/c1-11(15(2)13-6-3-7-13)5-4-10-14-12-8-9-12/h11-14H,3-10H2,1-2H3. The van der Waals surface area contributed by atoms with E-state index in [-0.39, 0.29) is 0 Å². The molecule has 2 saturated carbocycles. The largest absolute Gasteiger partial charge is 0.314 e. The summed E-state index contributed by atoms with van der Waals surface area (Å²) in [6.07, 6.45) is 9.84. The third kappa shape index (κ3) is 3.46. The molecule has 0 aromatic heterocycles. The summed E-state index contributed by atoms with van der Waals surface area (Å²) in [5.74, 6) is 0. The van der Waals surface area contributed by atoms with Crippen LogP contribution in [0.15, 0.2) is 0 Å². The minimum atomic E-state index is 0.774. The van der Waals surface area contributed by atoms with Crippen molar-refractivity contribution in [3.05, 3.63) is 0 Å². The first-order valence-electron chi connectivity index (χ1n) is 6.72. The molecule has 0 saturated heterocycles. The second-order valence-corrected chi connectivity index (χ2v) is 5.47. The Balaban J connectivity index is 1.52. The number of hydrogen-bond acceptors (Lipinski definition) is 2. The molecular formula is C13H26N2. The maximum atomic E-state index is 3.59. The van der Waals surface area contributed by atoms with E-state index in [1.54, 1.807) is 0 Å². The second-order valence-electron chi connectivity index (χ2n) is 5.47. The van der Waals surface area contributed by atoms with Gasteiger partial charge >= 0.3 is 0 Å². The molecule has 0 aliphatic heterocycles. The lowest BCUT2D eigenvalue weighted by Gasteiger charge is -2.38. The minimum absolute atomic E-state index is 0.774. The molecule has 0 radical (unpaired) electrons. The first kappa shape index (κ1) is 11.4.